The van der Waals surface area contributed by atoms with Crippen LogP contribution in [0.25, 0.3) is 0 Å². The molecule has 0 amide bonds. The van der Waals surface area contributed by atoms with Crippen LogP contribution in [-0.2, 0) is 11.3 Å². The molecule has 114 valence electrons. The predicted octanol–water partition coefficient (Wildman–Crippen LogP) is 1.77. The third-order valence-electron chi connectivity index (χ3n) is 5.41. The Morgan fingerprint density at radius 2 is 1.95 bits per heavy atom. The molecule has 1 aromatic rings. The van der Waals surface area contributed by atoms with Gasteiger partial charge < -0.3 is 4.74 Å². The van der Waals surface area contributed by atoms with Crippen molar-refractivity contribution in [1.29, 1.82) is 0 Å². The van der Waals surface area contributed by atoms with Crippen LogP contribution in [0.2, 0.25) is 0 Å². The Morgan fingerprint density at radius 3 is 2.71 bits per heavy atom. The zero-order valence-electron chi connectivity index (χ0n) is 12.7. The number of ether oxygens (including phenoxy) is 1. The number of likely N-dealkylation sites (tertiary alicyclic amines) is 2. The van der Waals surface area contributed by atoms with Crippen molar-refractivity contribution in [1.82, 2.24) is 14.8 Å². The van der Waals surface area contributed by atoms with Crippen LogP contribution in [0.15, 0.2) is 24.4 Å². The third-order valence-corrected chi connectivity index (χ3v) is 5.41. The molecule has 1 unspecified atom stereocenters. The van der Waals surface area contributed by atoms with E-state index in [0.717, 1.165) is 37.8 Å². The smallest absolute Gasteiger partial charge is 0.0544 e. The van der Waals surface area contributed by atoms with Crippen molar-refractivity contribution in [3.63, 3.8) is 0 Å². The molecule has 4 rings (SSSR count). The molecular weight excluding hydrogens is 262 g/mol. The average molecular weight is 287 g/mol. The lowest BCUT2D eigenvalue weighted by molar-refractivity contribution is 0.159. The maximum absolute atomic E-state index is 5.53. The van der Waals surface area contributed by atoms with Crippen LogP contribution < -0.4 is 0 Å². The van der Waals surface area contributed by atoms with Crippen LogP contribution in [-0.4, -0.2) is 59.7 Å². The maximum atomic E-state index is 5.53. The Hall–Kier alpha value is -0.970. The molecule has 1 aromatic heterocycles. The molecule has 0 aliphatic carbocycles. The summed E-state index contributed by atoms with van der Waals surface area (Å²) >= 11 is 0. The van der Waals surface area contributed by atoms with E-state index < -0.39 is 0 Å². The fraction of sp³-hybridized carbons (Fsp3) is 0.706. The molecule has 4 heteroatoms. The molecule has 4 nitrogen and oxygen atoms in total. The van der Waals surface area contributed by atoms with E-state index in [-0.39, 0.29) is 0 Å². The quantitative estimate of drug-likeness (QED) is 0.844. The first-order valence-corrected chi connectivity index (χ1v) is 8.36. The van der Waals surface area contributed by atoms with E-state index in [1.54, 1.807) is 0 Å². The summed E-state index contributed by atoms with van der Waals surface area (Å²) in [6, 6.07) is 7.76. The maximum Gasteiger partial charge on any atom is 0.0544 e. The van der Waals surface area contributed by atoms with Gasteiger partial charge in [0.15, 0.2) is 0 Å². The molecule has 3 aliphatic rings. The summed E-state index contributed by atoms with van der Waals surface area (Å²) < 4.78 is 5.53. The molecule has 3 saturated heterocycles. The van der Waals surface area contributed by atoms with E-state index in [1.807, 2.05) is 12.3 Å². The van der Waals surface area contributed by atoms with E-state index >= 15 is 0 Å². The van der Waals surface area contributed by atoms with Crippen molar-refractivity contribution in [2.24, 2.45) is 5.92 Å². The second kappa shape index (κ2) is 6.03. The summed E-state index contributed by atoms with van der Waals surface area (Å²) in [5, 5.41) is 0. The summed E-state index contributed by atoms with van der Waals surface area (Å²) in [5.74, 6) is 0.772. The minimum atomic E-state index is 0.745. The summed E-state index contributed by atoms with van der Waals surface area (Å²) in [6.07, 6.45) is 5.81. The molecule has 3 fully saturated rings. The van der Waals surface area contributed by atoms with Gasteiger partial charge in [0.05, 0.1) is 12.3 Å². The highest BCUT2D eigenvalue weighted by molar-refractivity contribution is 5.06. The van der Waals surface area contributed by atoms with E-state index in [1.165, 1.54) is 44.6 Å². The average Bonchev–Trinajstić information content (AvgIpc) is 3.21. The number of hydrogen-bond donors (Lipinski definition) is 0. The van der Waals surface area contributed by atoms with Gasteiger partial charge in [-0.3, -0.25) is 14.8 Å². The van der Waals surface area contributed by atoms with Crippen molar-refractivity contribution < 1.29 is 4.74 Å². The van der Waals surface area contributed by atoms with Crippen molar-refractivity contribution in [2.45, 2.75) is 37.9 Å². The molecular formula is C17H25N3O. The largest absolute Gasteiger partial charge is 0.381 e. The molecule has 0 radical (unpaired) electrons. The topological polar surface area (TPSA) is 28.6 Å². The van der Waals surface area contributed by atoms with Crippen LogP contribution in [0, 0.1) is 5.92 Å². The first kappa shape index (κ1) is 13.7. The number of rotatable bonds is 4. The second-order valence-electron chi connectivity index (χ2n) is 6.73. The molecule has 0 bridgehead atoms. The zero-order chi connectivity index (χ0) is 14.1. The van der Waals surface area contributed by atoms with Crippen LogP contribution in [0.1, 0.15) is 25.0 Å². The van der Waals surface area contributed by atoms with Crippen LogP contribution in [0.3, 0.4) is 0 Å². The van der Waals surface area contributed by atoms with Gasteiger partial charge in [-0.25, -0.2) is 0 Å². The van der Waals surface area contributed by atoms with Gasteiger partial charge in [-0.15, -0.1) is 0 Å². The molecule has 0 saturated carbocycles. The van der Waals surface area contributed by atoms with E-state index in [2.05, 4.69) is 26.9 Å². The lowest BCUT2D eigenvalue weighted by atomic mass is 10.1. The Bertz CT molecular complexity index is 460. The van der Waals surface area contributed by atoms with Gasteiger partial charge in [-0.05, 0) is 37.3 Å². The summed E-state index contributed by atoms with van der Waals surface area (Å²) in [7, 11) is 0. The highest BCUT2D eigenvalue weighted by Crippen LogP contribution is 2.33. The Kier molecular flexibility index (Phi) is 3.93. The van der Waals surface area contributed by atoms with Gasteiger partial charge in [0.2, 0.25) is 0 Å². The minimum absolute atomic E-state index is 0.745. The SMILES string of the molecule is c1ccc(CN2CC[C@H]3[C@H]2CCN3CC2CCOC2)nc1. The van der Waals surface area contributed by atoms with Gasteiger partial charge in [-0.1, -0.05) is 6.07 Å². The van der Waals surface area contributed by atoms with Crippen LogP contribution >= 0.6 is 0 Å². The molecule has 4 heterocycles. The lowest BCUT2D eigenvalue weighted by Gasteiger charge is -2.27. The van der Waals surface area contributed by atoms with Crippen LogP contribution in [0.4, 0.5) is 0 Å². The summed E-state index contributed by atoms with van der Waals surface area (Å²) in [5.41, 5.74) is 1.21. The van der Waals surface area contributed by atoms with Crippen molar-refractivity contribution in [3.8, 4) is 0 Å². The number of pyridine rings is 1. The fourth-order valence-electron chi connectivity index (χ4n) is 4.35. The van der Waals surface area contributed by atoms with Crippen molar-refractivity contribution in [2.75, 3.05) is 32.8 Å². The van der Waals surface area contributed by atoms with Crippen molar-refractivity contribution >= 4 is 0 Å². The van der Waals surface area contributed by atoms with Gasteiger partial charge in [0, 0.05) is 51.1 Å². The summed E-state index contributed by atoms with van der Waals surface area (Å²) in [4.78, 5) is 9.88. The highest BCUT2D eigenvalue weighted by atomic mass is 16.5. The van der Waals surface area contributed by atoms with E-state index in [4.69, 9.17) is 4.74 Å². The Labute approximate surface area is 127 Å². The molecule has 21 heavy (non-hydrogen) atoms. The minimum Gasteiger partial charge on any atom is -0.381 e. The van der Waals surface area contributed by atoms with Gasteiger partial charge in [0.25, 0.3) is 0 Å². The highest BCUT2D eigenvalue weighted by Gasteiger charge is 2.42. The van der Waals surface area contributed by atoms with Gasteiger partial charge in [-0.2, -0.15) is 0 Å². The molecule has 0 spiro atoms. The van der Waals surface area contributed by atoms with Gasteiger partial charge in [0.1, 0.15) is 0 Å². The fourth-order valence-corrected chi connectivity index (χ4v) is 4.35. The third kappa shape index (κ3) is 2.85. The van der Waals surface area contributed by atoms with Crippen LogP contribution in [0.5, 0.6) is 0 Å². The second-order valence-corrected chi connectivity index (χ2v) is 6.73. The first-order chi connectivity index (χ1) is 10.4. The Morgan fingerprint density at radius 1 is 1.10 bits per heavy atom. The zero-order valence-corrected chi connectivity index (χ0v) is 12.7. The number of nitrogens with zero attached hydrogens (tertiary/aromatic N) is 3. The predicted molar refractivity (Wildman–Crippen MR) is 82.0 cm³/mol. The van der Waals surface area contributed by atoms with E-state index in [9.17, 15) is 0 Å². The molecule has 3 aliphatic heterocycles. The number of hydrogen-bond acceptors (Lipinski definition) is 4. The lowest BCUT2D eigenvalue weighted by Crippen LogP contribution is -2.38. The molecule has 3 atom stereocenters. The standard InChI is InChI=1S/C17H25N3O/c1-2-7-18-15(3-1)12-20-9-5-16-17(20)4-8-19(16)11-14-6-10-21-13-14/h1-3,7,14,16-17H,4-6,8-13H2/t14?,16-,17+/m0/s1. The van der Waals surface area contributed by atoms with Gasteiger partial charge >= 0.3 is 0 Å². The van der Waals surface area contributed by atoms with E-state index in [0.29, 0.717) is 0 Å². The molecule has 0 N–H and O–H groups in total. The Balaban J connectivity index is 1.36. The monoisotopic (exact) mass is 287 g/mol. The number of aromatic nitrogens is 1. The normalized spacial score (nSPS) is 33.6. The first-order valence-electron chi connectivity index (χ1n) is 8.36. The summed E-state index contributed by atoms with van der Waals surface area (Å²) in [6.45, 7) is 6.71. The number of fused-ring (bicyclic) bond motifs is 1. The van der Waals surface area contributed by atoms with Crippen molar-refractivity contribution in [3.05, 3.63) is 30.1 Å². The molecule has 0 aromatic carbocycles.